The second kappa shape index (κ2) is 8.99. The molecule has 2 atom stereocenters. The van der Waals surface area contributed by atoms with Crippen molar-refractivity contribution in [3.63, 3.8) is 0 Å². The normalized spacial score (nSPS) is 21.7. The monoisotopic (exact) mass is 484 g/mol. The van der Waals surface area contributed by atoms with Crippen LogP contribution in [0.4, 0.5) is 0 Å². The molecular formula is C29H28N2O5. The summed E-state index contributed by atoms with van der Waals surface area (Å²) in [6, 6.07) is 16.2. The van der Waals surface area contributed by atoms with Crippen LogP contribution in [0.2, 0.25) is 0 Å². The van der Waals surface area contributed by atoms with Gasteiger partial charge in [0.15, 0.2) is 5.76 Å². The van der Waals surface area contributed by atoms with Gasteiger partial charge in [-0.1, -0.05) is 18.2 Å². The molecule has 1 N–H and O–H groups in total. The lowest BCUT2D eigenvalue weighted by atomic mass is 9.83. The molecule has 4 heterocycles. The zero-order chi connectivity index (χ0) is 24.8. The van der Waals surface area contributed by atoms with Gasteiger partial charge in [-0.15, -0.1) is 0 Å². The quantitative estimate of drug-likeness (QED) is 0.547. The highest BCUT2D eigenvalue weighted by Crippen LogP contribution is 2.42. The predicted molar refractivity (Wildman–Crippen MR) is 135 cm³/mol. The van der Waals surface area contributed by atoms with Gasteiger partial charge in [0.1, 0.15) is 17.2 Å². The number of Topliss-reactive ketones (excluding diaryl/α,β-unsaturated/α-hetero) is 1. The van der Waals surface area contributed by atoms with E-state index in [1.807, 2.05) is 47.9 Å². The van der Waals surface area contributed by atoms with E-state index in [-0.39, 0.29) is 28.8 Å². The van der Waals surface area contributed by atoms with Crippen LogP contribution in [-0.2, 0) is 13.1 Å². The lowest BCUT2D eigenvalue weighted by molar-refractivity contribution is 0.101. The predicted octanol–water partition coefficient (Wildman–Crippen LogP) is 4.19. The number of nitrogens with zero attached hydrogens (tertiary/aromatic N) is 2. The van der Waals surface area contributed by atoms with E-state index in [0.29, 0.717) is 42.5 Å². The third-order valence-corrected chi connectivity index (χ3v) is 7.34. The molecule has 3 aromatic rings. The first kappa shape index (κ1) is 22.6. The number of phenols is 1. The van der Waals surface area contributed by atoms with Crippen LogP contribution in [0.25, 0.3) is 6.08 Å². The van der Waals surface area contributed by atoms with Crippen molar-refractivity contribution in [2.24, 2.45) is 5.92 Å². The molecule has 0 radical (unpaired) electrons. The van der Waals surface area contributed by atoms with Crippen LogP contribution in [0, 0.1) is 5.92 Å². The molecule has 1 fully saturated rings. The summed E-state index contributed by atoms with van der Waals surface area (Å²) in [4.78, 5) is 27.7. The summed E-state index contributed by atoms with van der Waals surface area (Å²) in [5.41, 5.74) is 3.07. The summed E-state index contributed by atoms with van der Waals surface area (Å²) < 4.78 is 13.5. The molecule has 0 unspecified atom stereocenters. The first-order valence-electron chi connectivity index (χ1n) is 12.4. The summed E-state index contributed by atoms with van der Waals surface area (Å²) >= 11 is 0. The van der Waals surface area contributed by atoms with Crippen LogP contribution < -0.4 is 15.0 Å². The number of phenolic OH excluding ortho intramolecular Hbond substituents is 1. The molecular weight excluding hydrogens is 456 g/mol. The molecule has 3 aliphatic heterocycles. The van der Waals surface area contributed by atoms with Gasteiger partial charge in [0.25, 0.3) is 5.56 Å². The van der Waals surface area contributed by atoms with Gasteiger partial charge < -0.3 is 19.1 Å². The van der Waals surface area contributed by atoms with Crippen LogP contribution in [0.1, 0.15) is 46.4 Å². The van der Waals surface area contributed by atoms with E-state index < -0.39 is 0 Å². The second-order valence-corrected chi connectivity index (χ2v) is 9.77. The number of piperidine rings is 1. The Balaban J connectivity index is 1.25. The Morgan fingerprint density at radius 3 is 2.69 bits per heavy atom. The molecule has 36 heavy (non-hydrogen) atoms. The lowest BCUT2D eigenvalue weighted by Crippen LogP contribution is -2.46. The second-order valence-electron chi connectivity index (χ2n) is 9.77. The molecule has 2 bridgehead atoms. The standard InChI is InChI=1S/C29H28N2O5/c1-2-35-21-8-6-18(7-9-21)13-26-28(34)22-10-11-25(32)23(29(22)36-26)17-30-14-19-12-20(16-30)24-4-3-5-27(33)31(24)15-19/h3-11,13,19-20,32H,2,12,14-17H2,1H3/t19-,20-/m0/s1. The minimum absolute atomic E-state index is 0.0629. The van der Waals surface area contributed by atoms with Crippen molar-refractivity contribution < 1.29 is 19.4 Å². The lowest BCUT2D eigenvalue weighted by Gasteiger charge is -2.42. The molecule has 6 rings (SSSR count). The number of benzene rings is 2. The number of likely N-dealkylation sites (tertiary alicyclic amines) is 1. The van der Waals surface area contributed by atoms with Gasteiger partial charge in [-0.2, -0.15) is 0 Å². The third-order valence-electron chi connectivity index (χ3n) is 7.34. The average molecular weight is 485 g/mol. The van der Waals surface area contributed by atoms with Crippen molar-refractivity contribution >= 4 is 11.9 Å². The minimum atomic E-state index is -0.191. The Kier molecular flexibility index (Phi) is 5.64. The van der Waals surface area contributed by atoms with Gasteiger partial charge in [0, 0.05) is 43.9 Å². The number of carbonyl (C=O) groups is 1. The summed E-state index contributed by atoms with van der Waals surface area (Å²) in [5.74, 6) is 2.01. The van der Waals surface area contributed by atoms with Crippen LogP contribution in [0.5, 0.6) is 17.2 Å². The topological polar surface area (TPSA) is 81.0 Å². The molecule has 3 aliphatic rings. The van der Waals surface area contributed by atoms with Crippen LogP contribution in [-0.4, -0.2) is 40.1 Å². The minimum Gasteiger partial charge on any atom is -0.507 e. The number of carbonyl (C=O) groups excluding carboxylic acids is 1. The Morgan fingerprint density at radius 1 is 1.06 bits per heavy atom. The summed E-state index contributed by atoms with van der Waals surface area (Å²) in [6.07, 6.45) is 2.78. The molecule has 7 heteroatoms. The number of rotatable bonds is 5. The maximum atomic E-state index is 13.1. The molecule has 0 amide bonds. The number of aromatic hydroxyl groups is 1. The van der Waals surface area contributed by atoms with Crippen LogP contribution in [0.15, 0.2) is 65.2 Å². The Hall–Kier alpha value is -3.84. The first-order valence-corrected chi connectivity index (χ1v) is 12.4. The van der Waals surface area contributed by atoms with Crippen molar-refractivity contribution in [3.05, 3.63) is 93.1 Å². The maximum absolute atomic E-state index is 13.1. The molecule has 0 saturated carbocycles. The zero-order valence-electron chi connectivity index (χ0n) is 20.1. The highest BCUT2D eigenvalue weighted by Gasteiger charge is 2.36. The van der Waals surface area contributed by atoms with Gasteiger partial charge in [-0.3, -0.25) is 14.5 Å². The molecule has 1 saturated heterocycles. The van der Waals surface area contributed by atoms with Gasteiger partial charge >= 0.3 is 0 Å². The smallest absolute Gasteiger partial charge is 0.250 e. The Bertz CT molecular complexity index is 1420. The van der Waals surface area contributed by atoms with Crippen molar-refractivity contribution in [2.75, 3.05) is 19.7 Å². The fourth-order valence-corrected chi connectivity index (χ4v) is 5.78. The van der Waals surface area contributed by atoms with Crippen LogP contribution >= 0.6 is 0 Å². The number of ether oxygens (including phenoxy) is 2. The number of hydrogen-bond donors (Lipinski definition) is 1. The molecule has 1 aromatic heterocycles. The van der Waals surface area contributed by atoms with E-state index in [4.69, 9.17) is 9.47 Å². The van der Waals surface area contributed by atoms with Crippen LogP contribution in [0.3, 0.4) is 0 Å². The summed E-state index contributed by atoms with van der Waals surface area (Å²) in [7, 11) is 0. The molecule has 0 aliphatic carbocycles. The Labute approximate surface area is 209 Å². The van der Waals surface area contributed by atoms with Gasteiger partial charge in [0.2, 0.25) is 5.78 Å². The number of aromatic nitrogens is 1. The molecule has 184 valence electrons. The Morgan fingerprint density at radius 2 is 1.89 bits per heavy atom. The van der Waals surface area contributed by atoms with Gasteiger partial charge in [-0.05, 0) is 61.2 Å². The SMILES string of the molecule is CCOc1ccc(C=C2Oc3c(ccc(O)c3CN3C[C@@H]4C[C@@H](C3)c3cccc(=O)n3C4)C2=O)cc1. The summed E-state index contributed by atoms with van der Waals surface area (Å²) in [5, 5.41) is 10.7. The maximum Gasteiger partial charge on any atom is 0.250 e. The number of ketones is 1. The van der Waals surface area contributed by atoms with E-state index in [2.05, 4.69) is 4.90 Å². The number of fused-ring (bicyclic) bond motifs is 5. The van der Waals surface area contributed by atoms with Gasteiger partial charge in [0.05, 0.1) is 17.7 Å². The van der Waals surface area contributed by atoms with Crippen molar-refractivity contribution in [1.82, 2.24) is 9.47 Å². The van der Waals surface area contributed by atoms with E-state index in [0.717, 1.165) is 36.5 Å². The summed E-state index contributed by atoms with van der Waals surface area (Å²) in [6.45, 7) is 5.32. The van der Waals surface area contributed by atoms with E-state index in [1.54, 1.807) is 24.3 Å². The highest BCUT2D eigenvalue weighted by molar-refractivity contribution is 6.15. The largest absolute Gasteiger partial charge is 0.507 e. The zero-order valence-corrected chi connectivity index (χ0v) is 20.1. The van der Waals surface area contributed by atoms with E-state index in [1.165, 1.54) is 0 Å². The number of allylic oxidation sites excluding steroid dienone is 1. The number of hydrogen-bond acceptors (Lipinski definition) is 6. The molecule has 0 spiro atoms. The molecule has 7 nitrogen and oxygen atoms in total. The fraction of sp³-hybridized carbons (Fsp3) is 0.310. The van der Waals surface area contributed by atoms with Crippen molar-refractivity contribution in [2.45, 2.75) is 32.4 Å². The first-order chi connectivity index (χ1) is 17.5. The number of pyridine rings is 1. The fourth-order valence-electron chi connectivity index (χ4n) is 5.78. The van der Waals surface area contributed by atoms with Gasteiger partial charge in [-0.25, -0.2) is 0 Å². The molecule has 2 aromatic carbocycles. The van der Waals surface area contributed by atoms with E-state index >= 15 is 0 Å². The highest BCUT2D eigenvalue weighted by atomic mass is 16.5. The average Bonchev–Trinajstić information content (AvgIpc) is 3.18. The van der Waals surface area contributed by atoms with E-state index in [9.17, 15) is 14.7 Å². The van der Waals surface area contributed by atoms with Crippen molar-refractivity contribution in [3.8, 4) is 17.2 Å². The van der Waals surface area contributed by atoms with Crippen molar-refractivity contribution in [1.29, 1.82) is 0 Å². The third kappa shape index (κ3) is 3.99.